The number of piperidine rings is 1. The van der Waals surface area contributed by atoms with Gasteiger partial charge in [0.25, 0.3) is 0 Å². The second-order valence-corrected chi connectivity index (χ2v) is 7.37. The number of carbonyl (C=O) groups excluding carboxylic acids is 2. The number of nitrogens with one attached hydrogen (secondary N) is 2. The maximum atomic E-state index is 13.3. The maximum Gasteiger partial charge on any atom is 0.317 e. The molecule has 3 amide bonds. The Kier molecular flexibility index (Phi) is 6.12. The number of carbonyl (C=O) groups is 2. The van der Waals surface area contributed by atoms with Crippen LogP contribution in [0.1, 0.15) is 56.9 Å². The van der Waals surface area contributed by atoms with Gasteiger partial charge in [-0.3, -0.25) is 4.79 Å². The highest BCUT2D eigenvalue weighted by Crippen LogP contribution is 2.37. The van der Waals surface area contributed by atoms with E-state index in [1.165, 1.54) is 6.07 Å². The molecule has 0 spiro atoms. The average Bonchev–Trinajstić information content (AvgIpc) is 2.58. The molecule has 2 N–H and O–H groups in total. The van der Waals surface area contributed by atoms with Crippen molar-refractivity contribution in [3.05, 3.63) is 35.6 Å². The van der Waals surface area contributed by atoms with Crippen LogP contribution in [0, 0.1) is 5.82 Å². The molecule has 6 heteroatoms. The molecular weight excluding hydrogens is 333 g/mol. The van der Waals surface area contributed by atoms with E-state index in [0.717, 1.165) is 37.7 Å². The third-order valence-electron chi connectivity index (χ3n) is 5.47. The number of amides is 3. The molecule has 2 fully saturated rings. The van der Waals surface area contributed by atoms with Crippen LogP contribution in [-0.2, 0) is 4.79 Å². The minimum Gasteiger partial charge on any atom is -0.356 e. The van der Waals surface area contributed by atoms with Crippen molar-refractivity contribution in [2.24, 2.45) is 0 Å². The molecule has 0 bridgehead atoms. The Balaban J connectivity index is 1.50. The van der Waals surface area contributed by atoms with Crippen LogP contribution >= 0.6 is 0 Å². The van der Waals surface area contributed by atoms with Gasteiger partial charge < -0.3 is 15.5 Å². The lowest BCUT2D eigenvalue weighted by Gasteiger charge is -2.40. The number of rotatable bonds is 5. The first kappa shape index (κ1) is 18.7. The quantitative estimate of drug-likeness (QED) is 0.846. The Morgan fingerprint density at radius 1 is 1.27 bits per heavy atom. The van der Waals surface area contributed by atoms with Crippen LogP contribution in [0.2, 0.25) is 0 Å². The maximum absolute atomic E-state index is 13.3. The highest BCUT2D eigenvalue weighted by molar-refractivity contribution is 5.79. The number of benzene rings is 1. The number of hydrogen-bond acceptors (Lipinski definition) is 2. The van der Waals surface area contributed by atoms with Gasteiger partial charge in [-0.2, -0.15) is 0 Å². The van der Waals surface area contributed by atoms with Gasteiger partial charge in [0.2, 0.25) is 5.91 Å². The van der Waals surface area contributed by atoms with E-state index in [1.807, 2.05) is 17.9 Å². The number of urea groups is 1. The minimum absolute atomic E-state index is 0.00649. The van der Waals surface area contributed by atoms with Crippen molar-refractivity contribution in [1.82, 2.24) is 15.5 Å². The third kappa shape index (κ3) is 4.54. The summed E-state index contributed by atoms with van der Waals surface area (Å²) in [6.45, 7) is 3.21. The molecule has 26 heavy (non-hydrogen) atoms. The number of nitrogens with zero attached hydrogens (tertiary/aromatic N) is 1. The molecular formula is C20H28FN3O2. The normalized spacial score (nSPS) is 25.3. The van der Waals surface area contributed by atoms with Gasteiger partial charge in [-0.25, -0.2) is 9.18 Å². The van der Waals surface area contributed by atoms with E-state index >= 15 is 0 Å². The molecule has 142 valence electrons. The molecule has 1 atom stereocenters. The van der Waals surface area contributed by atoms with Gasteiger partial charge in [0.05, 0.1) is 0 Å². The lowest BCUT2D eigenvalue weighted by molar-refractivity contribution is -0.122. The SMILES string of the molecule is CCNC(=O)CC1CCCCN1C(=O)NC1CC(c2cccc(F)c2)C1. The molecule has 1 saturated heterocycles. The Hall–Kier alpha value is -2.11. The minimum atomic E-state index is -0.212. The Morgan fingerprint density at radius 2 is 2.08 bits per heavy atom. The molecule has 1 unspecified atom stereocenters. The van der Waals surface area contributed by atoms with Crippen molar-refractivity contribution >= 4 is 11.9 Å². The lowest BCUT2D eigenvalue weighted by atomic mass is 9.76. The summed E-state index contributed by atoms with van der Waals surface area (Å²) in [5.41, 5.74) is 1.00. The summed E-state index contributed by atoms with van der Waals surface area (Å²) in [5.74, 6) is 0.104. The second-order valence-electron chi connectivity index (χ2n) is 7.37. The van der Waals surface area contributed by atoms with Crippen LogP contribution in [0.15, 0.2) is 24.3 Å². The van der Waals surface area contributed by atoms with E-state index in [1.54, 1.807) is 12.1 Å². The topological polar surface area (TPSA) is 61.4 Å². The second kappa shape index (κ2) is 8.52. The Morgan fingerprint density at radius 3 is 2.81 bits per heavy atom. The highest BCUT2D eigenvalue weighted by Gasteiger charge is 2.35. The van der Waals surface area contributed by atoms with Crippen molar-refractivity contribution in [2.75, 3.05) is 13.1 Å². The monoisotopic (exact) mass is 361 g/mol. The molecule has 1 heterocycles. The van der Waals surface area contributed by atoms with Crippen molar-refractivity contribution in [2.45, 2.75) is 63.5 Å². The summed E-state index contributed by atoms with van der Waals surface area (Å²) in [6.07, 6.45) is 4.96. The van der Waals surface area contributed by atoms with Gasteiger partial charge >= 0.3 is 6.03 Å². The summed E-state index contributed by atoms with van der Waals surface area (Å²) in [6, 6.07) is 6.75. The first-order valence-corrected chi connectivity index (χ1v) is 9.66. The number of halogens is 1. The molecule has 1 saturated carbocycles. The van der Waals surface area contributed by atoms with E-state index in [4.69, 9.17) is 0 Å². The zero-order chi connectivity index (χ0) is 18.5. The highest BCUT2D eigenvalue weighted by atomic mass is 19.1. The summed E-state index contributed by atoms with van der Waals surface area (Å²) in [7, 11) is 0. The van der Waals surface area contributed by atoms with Gasteiger partial charge in [0.15, 0.2) is 0 Å². The molecule has 1 aliphatic heterocycles. The fraction of sp³-hybridized carbons (Fsp3) is 0.600. The standard InChI is InChI=1S/C20H28FN3O2/c1-2-22-19(25)13-18-8-3-4-9-24(18)20(26)23-17-11-15(12-17)14-6-5-7-16(21)10-14/h5-7,10,15,17-18H,2-4,8-9,11-13H2,1H3,(H,22,25)(H,23,26). The molecule has 2 aliphatic rings. The van der Waals surface area contributed by atoms with Crippen LogP contribution in [-0.4, -0.2) is 42.0 Å². The van der Waals surface area contributed by atoms with E-state index in [0.29, 0.717) is 25.4 Å². The third-order valence-corrected chi connectivity index (χ3v) is 5.47. The molecule has 3 rings (SSSR count). The van der Waals surface area contributed by atoms with E-state index < -0.39 is 0 Å². The summed E-state index contributed by atoms with van der Waals surface area (Å²) >= 11 is 0. The Labute approximate surface area is 154 Å². The molecule has 1 aromatic carbocycles. The zero-order valence-corrected chi connectivity index (χ0v) is 15.3. The van der Waals surface area contributed by atoms with E-state index in [2.05, 4.69) is 10.6 Å². The van der Waals surface area contributed by atoms with E-state index in [-0.39, 0.29) is 29.8 Å². The van der Waals surface area contributed by atoms with Crippen molar-refractivity contribution in [3.63, 3.8) is 0 Å². The van der Waals surface area contributed by atoms with Gasteiger partial charge in [-0.05, 0) is 62.6 Å². The Bertz CT molecular complexity index is 646. The van der Waals surface area contributed by atoms with Crippen molar-refractivity contribution in [3.8, 4) is 0 Å². The van der Waals surface area contributed by atoms with Gasteiger partial charge in [0.1, 0.15) is 5.82 Å². The first-order valence-electron chi connectivity index (χ1n) is 9.66. The number of likely N-dealkylation sites (tertiary alicyclic amines) is 1. The van der Waals surface area contributed by atoms with Crippen LogP contribution in [0.25, 0.3) is 0 Å². The predicted molar refractivity (Wildman–Crippen MR) is 98.3 cm³/mol. The fourth-order valence-corrected chi connectivity index (χ4v) is 3.99. The smallest absolute Gasteiger partial charge is 0.317 e. The zero-order valence-electron chi connectivity index (χ0n) is 15.3. The van der Waals surface area contributed by atoms with E-state index in [9.17, 15) is 14.0 Å². The van der Waals surface area contributed by atoms with Crippen LogP contribution in [0.5, 0.6) is 0 Å². The summed E-state index contributed by atoms with van der Waals surface area (Å²) < 4.78 is 13.3. The summed E-state index contributed by atoms with van der Waals surface area (Å²) in [4.78, 5) is 26.4. The fourth-order valence-electron chi connectivity index (χ4n) is 3.99. The molecule has 0 radical (unpaired) electrons. The van der Waals surface area contributed by atoms with Crippen LogP contribution < -0.4 is 10.6 Å². The number of hydrogen-bond donors (Lipinski definition) is 2. The first-order chi connectivity index (χ1) is 12.6. The molecule has 1 aliphatic carbocycles. The molecule has 1 aromatic rings. The largest absolute Gasteiger partial charge is 0.356 e. The van der Waals surface area contributed by atoms with Gasteiger partial charge in [-0.1, -0.05) is 12.1 Å². The van der Waals surface area contributed by atoms with Crippen LogP contribution in [0.3, 0.4) is 0 Å². The predicted octanol–water partition coefficient (Wildman–Crippen LogP) is 3.16. The van der Waals surface area contributed by atoms with Crippen LogP contribution in [0.4, 0.5) is 9.18 Å². The molecule has 0 aromatic heterocycles. The molecule has 5 nitrogen and oxygen atoms in total. The van der Waals surface area contributed by atoms with Gasteiger partial charge in [-0.15, -0.1) is 0 Å². The lowest BCUT2D eigenvalue weighted by Crippen LogP contribution is -2.54. The average molecular weight is 361 g/mol. The van der Waals surface area contributed by atoms with Gasteiger partial charge in [0, 0.05) is 31.6 Å². The summed E-state index contributed by atoms with van der Waals surface area (Å²) in [5, 5.41) is 5.91. The van der Waals surface area contributed by atoms with Crippen molar-refractivity contribution in [1.29, 1.82) is 0 Å². The van der Waals surface area contributed by atoms with Crippen molar-refractivity contribution < 1.29 is 14.0 Å².